The molecule has 1 aliphatic heterocycles. The predicted octanol–water partition coefficient (Wildman–Crippen LogP) is 2.85. The Bertz CT molecular complexity index is 874. The molecule has 2 heterocycles. The zero-order valence-electron chi connectivity index (χ0n) is 16.1. The van der Waals surface area contributed by atoms with Crippen molar-refractivity contribution in [2.75, 3.05) is 24.5 Å². The van der Waals surface area contributed by atoms with Gasteiger partial charge in [0.25, 0.3) is 5.91 Å². The molecular weight excluding hydrogens is 344 g/mol. The van der Waals surface area contributed by atoms with Crippen LogP contribution in [0.1, 0.15) is 55.5 Å². The van der Waals surface area contributed by atoms with Crippen LogP contribution in [-0.4, -0.2) is 36.8 Å². The number of hydrogen-bond donors (Lipinski definition) is 2. The maximum Gasteiger partial charge on any atom is 0.349 e. The first-order valence-corrected chi connectivity index (χ1v) is 9.85. The molecule has 1 aliphatic rings. The summed E-state index contributed by atoms with van der Waals surface area (Å²) in [5.74, 6) is -0.401. The molecule has 1 aromatic carbocycles. The number of fused-ring (bicyclic) bond motifs is 2. The summed E-state index contributed by atoms with van der Waals surface area (Å²) in [6.07, 6.45) is 4.08. The number of nitrogens with one attached hydrogen (secondary N) is 1. The number of β-amino-alcohol motifs (C(OH)–C–C–N with tert-alkyl or cyclic N) is 1. The monoisotopic (exact) mass is 372 g/mol. The third-order valence-corrected chi connectivity index (χ3v) is 5.00. The number of carbonyl (C=O) groups excluding carboxylic acids is 1. The van der Waals surface area contributed by atoms with E-state index in [0.29, 0.717) is 30.5 Å². The van der Waals surface area contributed by atoms with Gasteiger partial charge in [-0.25, -0.2) is 4.79 Å². The van der Waals surface area contributed by atoms with Crippen LogP contribution in [0.3, 0.4) is 0 Å². The van der Waals surface area contributed by atoms with Gasteiger partial charge < -0.3 is 19.7 Å². The second-order valence-corrected chi connectivity index (χ2v) is 7.23. The van der Waals surface area contributed by atoms with Gasteiger partial charge in [0.2, 0.25) is 0 Å². The second kappa shape index (κ2) is 8.57. The minimum absolute atomic E-state index is 0.0257. The number of anilines is 1. The molecule has 0 radical (unpaired) electrons. The molecule has 3 rings (SSSR count). The van der Waals surface area contributed by atoms with Crippen molar-refractivity contribution in [1.82, 2.24) is 5.32 Å². The zero-order chi connectivity index (χ0) is 19.4. The highest BCUT2D eigenvalue weighted by Crippen LogP contribution is 2.32. The van der Waals surface area contributed by atoms with Crippen LogP contribution >= 0.6 is 0 Å². The Morgan fingerprint density at radius 3 is 2.78 bits per heavy atom. The van der Waals surface area contributed by atoms with Gasteiger partial charge in [-0.3, -0.25) is 4.79 Å². The SMILES string of the molecule is CCCCNC(=O)c1cc2cc3c(cc2oc1=O)N(CCCC)CC(O)C3. The van der Waals surface area contributed by atoms with E-state index in [4.69, 9.17) is 4.42 Å². The number of aliphatic hydroxyl groups excluding tert-OH is 1. The third-order valence-electron chi connectivity index (χ3n) is 5.00. The summed E-state index contributed by atoms with van der Waals surface area (Å²) < 4.78 is 5.46. The molecule has 2 aromatic rings. The Balaban J connectivity index is 1.96. The van der Waals surface area contributed by atoms with E-state index in [1.807, 2.05) is 19.1 Å². The molecule has 1 aromatic heterocycles. The smallest absolute Gasteiger partial charge is 0.349 e. The quantitative estimate of drug-likeness (QED) is 0.577. The van der Waals surface area contributed by atoms with Crippen molar-refractivity contribution in [2.45, 2.75) is 52.1 Å². The fourth-order valence-electron chi connectivity index (χ4n) is 3.53. The normalized spacial score (nSPS) is 16.4. The average molecular weight is 372 g/mol. The van der Waals surface area contributed by atoms with Gasteiger partial charge in [-0.1, -0.05) is 26.7 Å². The topological polar surface area (TPSA) is 82.8 Å². The summed E-state index contributed by atoms with van der Waals surface area (Å²) in [6, 6.07) is 5.39. The average Bonchev–Trinajstić information content (AvgIpc) is 2.64. The summed E-state index contributed by atoms with van der Waals surface area (Å²) in [6.45, 7) is 6.15. The third kappa shape index (κ3) is 4.33. The number of amides is 1. The van der Waals surface area contributed by atoms with Crippen LogP contribution < -0.4 is 15.8 Å². The number of rotatable bonds is 7. The highest BCUT2D eigenvalue weighted by atomic mass is 16.4. The lowest BCUT2D eigenvalue weighted by molar-refractivity contribution is 0.0949. The van der Waals surface area contributed by atoms with Gasteiger partial charge in [0, 0.05) is 43.2 Å². The van der Waals surface area contributed by atoms with Crippen molar-refractivity contribution in [3.8, 4) is 0 Å². The van der Waals surface area contributed by atoms with Crippen LogP contribution in [-0.2, 0) is 6.42 Å². The van der Waals surface area contributed by atoms with E-state index in [9.17, 15) is 14.7 Å². The fraction of sp³-hybridized carbons (Fsp3) is 0.524. The van der Waals surface area contributed by atoms with Crippen molar-refractivity contribution in [2.24, 2.45) is 0 Å². The lowest BCUT2D eigenvalue weighted by atomic mass is 9.97. The van der Waals surface area contributed by atoms with E-state index in [1.165, 1.54) is 0 Å². The van der Waals surface area contributed by atoms with E-state index in [2.05, 4.69) is 17.1 Å². The maximum absolute atomic E-state index is 12.3. The van der Waals surface area contributed by atoms with Gasteiger partial charge in [-0.2, -0.15) is 0 Å². The lowest BCUT2D eigenvalue weighted by Gasteiger charge is -2.34. The summed E-state index contributed by atoms with van der Waals surface area (Å²) in [5, 5.41) is 13.7. The number of carbonyl (C=O) groups is 1. The van der Waals surface area contributed by atoms with Gasteiger partial charge in [0.1, 0.15) is 11.1 Å². The molecule has 0 saturated heterocycles. The van der Waals surface area contributed by atoms with Crippen molar-refractivity contribution in [3.05, 3.63) is 39.7 Å². The van der Waals surface area contributed by atoms with E-state index in [-0.39, 0.29) is 5.56 Å². The maximum atomic E-state index is 12.3. The van der Waals surface area contributed by atoms with E-state index in [1.54, 1.807) is 6.07 Å². The van der Waals surface area contributed by atoms with Crippen molar-refractivity contribution in [3.63, 3.8) is 0 Å². The second-order valence-electron chi connectivity index (χ2n) is 7.23. The van der Waals surface area contributed by atoms with Crippen LogP contribution in [0.4, 0.5) is 5.69 Å². The molecule has 2 N–H and O–H groups in total. The molecule has 27 heavy (non-hydrogen) atoms. The number of benzene rings is 1. The van der Waals surface area contributed by atoms with Crippen LogP contribution in [0.2, 0.25) is 0 Å². The molecule has 1 atom stereocenters. The molecule has 6 nitrogen and oxygen atoms in total. The summed E-state index contributed by atoms with van der Waals surface area (Å²) >= 11 is 0. The molecule has 0 aliphatic carbocycles. The van der Waals surface area contributed by atoms with Gasteiger partial charge in [0.05, 0.1) is 6.10 Å². The minimum Gasteiger partial charge on any atom is -0.422 e. The van der Waals surface area contributed by atoms with Gasteiger partial charge in [0.15, 0.2) is 0 Å². The Morgan fingerprint density at radius 2 is 2.04 bits per heavy atom. The Hall–Kier alpha value is -2.34. The Morgan fingerprint density at radius 1 is 1.26 bits per heavy atom. The lowest BCUT2D eigenvalue weighted by Crippen LogP contribution is -2.39. The van der Waals surface area contributed by atoms with E-state index < -0.39 is 17.6 Å². The van der Waals surface area contributed by atoms with Crippen LogP contribution in [0, 0.1) is 0 Å². The molecule has 1 unspecified atom stereocenters. The summed E-state index contributed by atoms with van der Waals surface area (Å²) in [7, 11) is 0. The van der Waals surface area contributed by atoms with Gasteiger partial charge in [-0.05, 0) is 30.5 Å². The number of nitrogens with zero attached hydrogens (tertiary/aromatic N) is 1. The first kappa shape index (κ1) is 19.4. The van der Waals surface area contributed by atoms with E-state index in [0.717, 1.165) is 43.5 Å². The number of hydrogen-bond acceptors (Lipinski definition) is 5. The van der Waals surface area contributed by atoms with Crippen LogP contribution in [0.5, 0.6) is 0 Å². The van der Waals surface area contributed by atoms with Gasteiger partial charge >= 0.3 is 5.63 Å². The molecule has 0 fully saturated rings. The molecule has 1 amide bonds. The highest BCUT2D eigenvalue weighted by molar-refractivity contribution is 5.97. The molecule has 146 valence electrons. The largest absolute Gasteiger partial charge is 0.422 e. The molecule has 6 heteroatoms. The zero-order valence-corrected chi connectivity index (χ0v) is 16.1. The fourth-order valence-corrected chi connectivity index (χ4v) is 3.53. The molecular formula is C21H28N2O4. The Labute approximate surface area is 159 Å². The summed E-state index contributed by atoms with van der Waals surface area (Å²) in [4.78, 5) is 26.7. The van der Waals surface area contributed by atoms with Crippen LogP contribution in [0.15, 0.2) is 27.4 Å². The Kier molecular flexibility index (Phi) is 6.16. The summed E-state index contributed by atoms with van der Waals surface area (Å²) in [5.41, 5.74) is 1.90. The highest BCUT2D eigenvalue weighted by Gasteiger charge is 2.24. The number of unbranched alkanes of at least 4 members (excludes halogenated alkanes) is 2. The first-order chi connectivity index (χ1) is 13.0. The van der Waals surface area contributed by atoms with Crippen molar-refractivity contribution >= 4 is 22.6 Å². The standard InChI is InChI=1S/C21H28N2O4/c1-3-5-7-22-20(25)17-11-15-9-14-10-16(24)13-23(8-6-4-2)18(14)12-19(15)27-21(17)26/h9,11-12,16,24H,3-8,10,13H2,1-2H3,(H,22,25). The predicted molar refractivity (Wildman–Crippen MR) is 107 cm³/mol. The minimum atomic E-state index is -0.618. The number of aliphatic hydroxyl groups is 1. The van der Waals surface area contributed by atoms with Crippen molar-refractivity contribution < 1.29 is 14.3 Å². The molecule has 0 saturated carbocycles. The first-order valence-electron chi connectivity index (χ1n) is 9.85. The van der Waals surface area contributed by atoms with Crippen molar-refractivity contribution in [1.29, 1.82) is 0 Å². The van der Waals surface area contributed by atoms with Crippen LogP contribution in [0.25, 0.3) is 11.0 Å². The molecule has 0 spiro atoms. The van der Waals surface area contributed by atoms with E-state index >= 15 is 0 Å². The molecule has 0 bridgehead atoms. The van der Waals surface area contributed by atoms with Gasteiger partial charge in [-0.15, -0.1) is 0 Å².